The molecule has 2 rings (SSSR count). The lowest BCUT2D eigenvalue weighted by molar-refractivity contribution is -0.121. The van der Waals surface area contributed by atoms with Crippen molar-refractivity contribution in [3.63, 3.8) is 0 Å². The second kappa shape index (κ2) is 11.3. The Morgan fingerprint density at radius 1 is 1.04 bits per heavy atom. The molecule has 0 saturated carbocycles. The third-order valence-corrected chi connectivity index (χ3v) is 5.91. The van der Waals surface area contributed by atoms with Crippen LogP contribution >= 0.6 is 11.3 Å². The summed E-state index contributed by atoms with van der Waals surface area (Å²) < 4.78 is 1.33. The van der Waals surface area contributed by atoms with Gasteiger partial charge in [-0.2, -0.15) is 0 Å². The van der Waals surface area contributed by atoms with Gasteiger partial charge < -0.3 is 5.32 Å². The Morgan fingerprint density at radius 2 is 1.76 bits per heavy atom. The van der Waals surface area contributed by atoms with E-state index in [2.05, 4.69) is 48.8 Å². The van der Waals surface area contributed by atoms with E-state index in [1.165, 1.54) is 54.2 Å². The topological polar surface area (TPSA) is 29.1 Å². The maximum atomic E-state index is 12.2. The Labute approximate surface area is 157 Å². The highest BCUT2D eigenvalue weighted by atomic mass is 32.1. The van der Waals surface area contributed by atoms with E-state index in [9.17, 15) is 4.79 Å². The minimum atomic E-state index is 0.222. The lowest BCUT2D eigenvalue weighted by Gasteiger charge is -2.17. The molecular formula is C22H33NOS. The standard InChI is InChI=1S/C22H33NOS/c1-3-5-6-7-8-9-10-15-22(24)23-19(4-2)16-18-17-25-21-14-12-11-13-20(18)21/h11-14,17,19H,3-10,15-16H2,1-2H3,(H,23,24)/t19-/m1/s1. The number of carbonyl (C=O) groups excluding carboxylic acids is 1. The van der Waals surface area contributed by atoms with Gasteiger partial charge in [-0.3, -0.25) is 4.79 Å². The van der Waals surface area contributed by atoms with Crippen LogP contribution in [0.5, 0.6) is 0 Å². The van der Waals surface area contributed by atoms with Crippen LogP contribution in [0.4, 0.5) is 0 Å². The van der Waals surface area contributed by atoms with Gasteiger partial charge in [0.1, 0.15) is 0 Å². The van der Waals surface area contributed by atoms with Gasteiger partial charge in [0, 0.05) is 17.2 Å². The Kier molecular flexibility index (Phi) is 9.03. The van der Waals surface area contributed by atoms with Crippen molar-refractivity contribution in [1.29, 1.82) is 0 Å². The van der Waals surface area contributed by atoms with Gasteiger partial charge >= 0.3 is 0 Å². The van der Waals surface area contributed by atoms with E-state index < -0.39 is 0 Å². The van der Waals surface area contributed by atoms with E-state index in [-0.39, 0.29) is 11.9 Å². The molecule has 0 bridgehead atoms. The second-order valence-electron chi connectivity index (χ2n) is 7.01. The number of nitrogens with one attached hydrogen (secondary N) is 1. The highest BCUT2D eigenvalue weighted by Gasteiger charge is 2.13. The Hall–Kier alpha value is -1.35. The van der Waals surface area contributed by atoms with E-state index in [1.54, 1.807) is 11.3 Å². The van der Waals surface area contributed by atoms with Crippen LogP contribution in [-0.2, 0) is 11.2 Å². The van der Waals surface area contributed by atoms with Gasteiger partial charge in [-0.1, -0.05) is 70.6 Å². The minimum Gasteiger partial charge on any atom is -0.353 e. The molecule has 0 unspecified atom stereocenters. The molecule has 1 aromatic heterocycles. The minimum absolute atomic E-state index is 0.222. The zero-order valence-corrected chi connectivity index (χ0v) is 16.7. The molecule has 1 N–H and O–H groups in total. The van der Waals surface area contributed by atoms with Gasteiger partial charge in [0.05, 0.1) is 0 Å². The van der Waals surface area contributed by atoms with Gasteiger partial charge in [0.15, 0.2) is 0 Å². The zero-order chi connectivity index (χ0) is 17.9. The molecule has 1 aromatic carbocycles. The van der Waals surface area contributed by atoms with Gasteiger partial charge in [0.25, 0.3) is 0 Å². The number of fused-ring (bicyclic) bond motifs is 1. The van der Waals surface area contributed by atoms with Crippen molar-refractivity contribution in [2.75, 3.05) is 0 Å². The number of hydrogen-bond donors (Lipinski definition) is 1. The molecule has 0 aliphatic carbocycles. The molecule has 25 heavy (non-hydrogen) atoms. The largest absolute Gasteiger partial charge is 0.353 e. The van der Waals surface area contributed by atoms with Crippen molar-refractivity contribution in [2.45, 2.75) is 84.1 Å². The molecule has 0 saturated heterocycles. The number of carbonyl (C=O) groups is 1. The number of benzene rings is 1. The van der Waals surface area contributed by atoms with Crippen LogP contribution in [0.3, 0.4) is 0 Å². The molecule has 1 heterocycles. The fourth-order valence-corrected chi connectivity index (χ4v) is 4.27. The summed E-state index contributed by atoms with van der Waals surface area (Å²) in [5.41, 5.74) is 1.36. The first-order valence-corrected chi connectivity index (χ1v) is 10.9. The fraction of sp³-hybridized carbons (Fsp3) is 0.591. The Balaban J connectivity index is 1.71. The molecule has 3 heteroatoms. The van der Waals surface area contributed by atoms with E-state index in [1.807, 2.05) is 0 Å². The lowest BCUT2D eigenvalue weighted by atomic mass is 10.0. The summed E-state index contributed by atoms with van der Waals surface area (Å²) >= 11 is 1.80. The van der Waals surface area contributed by atoms with Gasteiger partial charge in [-0.25, -0.2) is 0 Å². The SMILES string of the molecule is CCCCCCCCCC(=O)N[C@H](CC)Cc1csc2ccccc12. The zero-order valence-electron chi connectivity index (χ0n) is 15.9. The number of thiophene rings is 1. The molecule has 0 radical (unpaired) electrons. The predicted octanol–water partition coefficient (Wildman–Crippen LogP) is 6.48. The smallest absolute Gasteiger partial charge is 0.220 e. The van der Waals surface area contributed by atoms with Crippen LogP contribution in [0, 0.1) is 0 Å². The monoisotopic (exact) mass is 359 g/mol. The second-order valence-corrected chi connectivity index (χ2v) is 7.92. The summed E-state index contributed by atoms with van der Waals surface area (Å²) in [6.45, 7) is 4.40. The summed E-state index contributed by atoms with van der Waals surface area (Å²) in [4.78, 5) is 12.2. The van der Waals surface area contributed by atoms with E-state index in [4.69, 9.17) is 0 Å². The Bertz CT molecular complexity index is 634. The Morgan fingerprint density at radius 3 is 2.52 bits per heavy atom. The average molecular weight is 360 g/mol. The van der Waals surface area contributed by atoms with Gasteiger partial charge in [-0.15, -0.1) is 11.3 Å². The van der Waals surface area contributed by atoms with Crippen molar-refractivity contribution in [3.05, 3.63) is 35.2 Å². The highest BCUT2D eigenvalue weighted by Crippen LogP contribution is 2.26. The summed E-state index contributed by atoms with van der Waals surface area (Å²) in [5, 5.41) is 6.83. The number of amides is 1. The van der Waals surface area contributed by atoms with E-state index in [0.717, 1.165) is 19.3 Å². The number of unbranched alkanes of at least 4 members (excludes halogenated alkanes) is 6. The number of hydrogen-bond acceptors (Lipinski definition) is 2. The molecule has 1 atom stereocenters. The molecule has 0 aliphatic rings. The third kappa shape index (κ3) is 6.81. The van der Waals surface area contributed by atoms with Crippen LogP contribution < -0.4 is 5.32 Å². The van der Waals surface area contributed by atoms with Crippen molar-refractivity contribution in [3.8, 4) is 0 Å². The highest BCUT2D eigenvalue weighted by molar-refractivity contribution is 7.17. The van der Waals surface area contributed by atoms with Crippen LogP contribution in [0.25, 0.3) is 10.1 Å². The van der Waals surface area contributed by atoms with Crippen molar-refractivity contribution in [1.82, 2.24) is 5.32 Å². The fourth-order valence-electron chi connectivity index (χ4n) is 3.30. The quantitative estimate of drug-likeness (QED) is 0.432. The predicted molar refractivity (Wildman–Crippen MR) is 110 cm³/mol. The van der Waals surface area contributed by atoms with Crippen molar-refractivity contribution >= 4 is 27.3 Å². The van der Waals surface area contributed by atoms with Crippen LogP contribution in [-0.4, -0.2) is 11.9 Å². The third-order valence-electron chi connectivity index (χ3n) is 4.89. The normalized spacial score (nSPS) is 12.4. The van der Waals surface area contributed by atoms with Crippen LogP contribution in [0.2, 0.25) is 0 Å². The molecule has 2 nitrogen and oxygen atoms in total. The molecule has 0 aliphatic heterocycles. The summed E-state index contributed by atoms with van der Waals surface area (Å²) in [6, 6.07) is 8.79. The van der Waals surface area contributed by atoms with Crippen molar-refractivity contribution < 1.29 is 4.79 Å². The molecular weight excluding hydrogens is 326 g/mol. The lowest BCUT2D eigenvalue weighted by Crippen LogP contribution is -2.35. The molecule has 0 fully saturated rings. The maximum Gasteiger partial charge on any atom is 0.220 e. The van der Waals surface area contributed by atoms with Gasteiger partial charge in [0.2, 0.25) is 5.91 Å². The first-order valence-electron chi connectivity index (χ1n) is 9.99. The average Bonchev–Trinajstić information content (AvgIpc) is 3.03. The van der Waals surface area contributed by atoms with Gasteiger partial charge in [-0.05, 0) is 41.7 Å². The summed E-state index contributed by atoms with van der Waals surface area (Å²) in [5.74, 6) is 0.222. The number of rotatable bonds is 12. The molecule has 1 amide bonds. The first kappa shape index (κ1) is 20.0. The van der Waals surface area contributed by atoms with Crippen molar-refractivity contribution in [2.24, 2.45) is 0 Å². The molecule has 0 spiro atoms. The molecule has 2 aromatic rings. The molecule has 138 valence electrons. The summed E-state index contributed by atoms with van der Waals surface area (Å²) in [6.07, 6.45) is 11.4. The van der Waals surface area contributed by atoms with E-state index >= 15 is 0 Å². The van der Waals surface area contributed by atoms with Crippen LogP contribution in [0.15, 0.2) is 29.6 Å². The summed E-state index contributed by atoms with van der Waals surface area (Å²) in [7, 11) is 0. The van der Waals surface area contributed by atoms with Crippen LogP contribution in [0.1, 0.15) is 77.2 Å². The first-order chi connectivity index (χ1) is 12.2. The van der Waals surface area contributed by atoms with E-state index in [0.29, 0.717) is 6.42 Å². The maximum absolute atomic E-state index is 12.2.